The maximum atomic E-state index is 13.4. The van der Waals surface area contributed by atoms with Gasteiger partial charge in [0.25, 0.3) is 11.6 Å². The van der Waals surface area contributed by atoms with E-state index < -0.39 is 4.92 Å². The zero-order chi connectivity index (χ0) is 21.1. The average molecular weight is 429 g/mol. The van der Waals surface area contributed by atoms with Gasteiger partial charge in [0.1, 0.15) is 5.82 Å². The third-order valence-corrected chi connectivity index (χ3v) is 6.25. The Balaban J connectivity index is 1.51. The number of nitro benzene ring substituents is 1. The number of fused-ring (bicyclic) bond motifs is 1. The number of non-ortho nitro benzene ring substituents is 1. The lowest BCUT2D eigenvalue weighted by molar-refractivity contribution is -0.384. The number of hydrogen-bond acceptors (Lipinski definition) is 6. The molecule has 1 amide bonds. The van der Waals surface area contributed by atoms with Crippen molar-refractivity contribution in [2.45, 2.75) is 6.04 Å². The molecule has 0 radical (unpaired) electrons. The SMILES string of the molecule is O=C(NC[C@H](c1ccc(F)cc1)N1CCOCC1)c1cc2cc([N+](=O)[O-])ccc2s1. The molecule has 1 N–H and O–H groups in total. The van der Waals surface area contributed by atoms with Gasteiger partial charge < -0.3 is 10.1 Å². The van der Waals surface area contributed by atoms with Gasteiger partial charge in [-0.1, -0.05) is 12.1 Å². The Hall–Kier alpha value is -2.88. The highest BCUT2D eigenvalue weighted by molar-refractivity contribution is 7.20. The summed E-state index contributed by atoms with van der Waals surface area (Å²) in [6.07, 6.45) is 0. The minimum atomic E-state index is -0.452. The lowest BCUT2D eigenvalue weighted by atomic mass is 10.0. The first-order chi connectivity index (χ1) is 14.5. The van der Waals surface area contributed by atoms with Crippen molar-refractivity contribution in [3.05, 3.63) is 74.9 Å². The van der Waals surface area contributed by atoms with Crippen LogP contribution in [-0.2, 0) is 4.74 Å². The highest BCUT2D eigenvalue weighted by Gasteiger charge is 2.24. The molecular formula is C21H20FN3O4S. The summed E-state index contributed by atoms with van der Waals surface area (Å²) in [5.41, 5.74) is 0.918. The van der Waals surface area contributed by atoms with E-state index in [0.717, 1.165) is 23.4 Å². The quantitative estimate of drug-likeness (QED) is 0.477. The Morgan fingerprint density at radius 1 is 1.20 bits per heavy atom. The van der Waals surface area contributed by atoms with E-state index in [2.05, 4.69) is 10.2 Å². The van der Waals surface area contributed by atoms with E-state index in [1.807, 2.05) is 0 Å². The van der Waals surface area contributed by atoms with Gasteiger partial charge in [-0.3, -0.25) is 19.8 Å². The molecule has 9 heteroatoms. The third-order valence-electron chi connectivity index (χ3n) is 5.13. The Labute approximate surface area is 176 Å². The summed E-state index contributed by atoms with van der Waals surface area (Å²) in [6.45, 7) is 3.04. The van der Waals surface area contributed by atoms with E-state index in [1.165, 1.54) is 35.6 Å². The predicted molar refractivity (Wildman–Crippen MR) is 112 cm³/mol. The summed E-state index contributed by atoms with van der Waals surface area (Å²) >= 11 is 1.29. The number of amides is 1. The fraction of sp³-hybridized carbons (Fsp3) is 0.286. The number of nitrogens with zero attached hydrogens (tertiary/aromatic N) is 2. The molecule has 2 aromatic carbocycles. The first-order valence-corrected chi connectivity index (χ1v) is 10.4. The second-order valence-corrected chi connectivity index (χ2v) is 8.10. The van der Waals surface area contributed by atoms with Crippen LogP contribution in [0.1, 0.15) is 21.3 Å². The standard InChI is InChI=1S/C21H20FN3O4S/c22-16-3-1-14(2-4-16)18(24-7-9-29-10-8-24)13-23-21(26)20-12-15-11-17(25(27)28)5-6-19(15)30-20/h1-6,11-12,18H,7-10,13H2,(H,23,26)/t18-/m1/s1. The number of benzene rings is 2. The molecule has 0 aliphatic carbocycles. The van der Waals surface area contributed by atoms with Gasteiger partial charge in [0.2, 0.25) is 0 Å². The number of nitrogens with one attached hydrogen (secondary N) is 1. The fourth-order valence-electron chi connectivity index (χ4n) is 3.56. The molecule has 0 spiro atoms. The Kier molecular flexibility index (Phi) is 6.03. The van der Waals surface area contributed by atoms with Crippen LogP contribution in [0.2, 0.25) is 0 Å². The predicted octanol–water partition coefficient (Wildman–Crippen LogP) is 3.75. The fourth-order valence-corrected chi connectivity index (χ4v) is 4.52. The van der Waals surface area contributed by atoms with Crippen LogP contribution in [0, 0.1) is 15.9 Å². The van der Waals surface area contributed by atoms with Crippen molar-refractivity contribution in [2.75, 3.05) is 32.8 Å². The third kappa shape index (κ3) is 4.48. The highest BCUT2D eigenvalue weighted by Crippen LogP contribution is 2.29. The summed E-state index contributed by atoms with van der Waals surface area (Å²) in [7, 11) is 0. The van der Waals surface area contributed by atoms with Gasteiger partial charge in [-0.25, -0.2) is 4.39 Å². The zero-order valence-corrected chi connectivity index (χ0v) is 16.9. The normalized spacial score (nSPS) is 15.8. The van der Waals surface area contributed by atoms with Gasteiger partial charge in [-0.2, -0.15) is 0 Å². The van der Waals surface area contributed by atoms with Crippen LogP contribution in [0.5, 0.6) is 0 Å². The Morgan fingerprint density at radius 3 is 2.63 bits per heavy atom. The first-order valence-electron chi connectivity index (χ1n) is 9.55. The highest BCUT2D eigenvalue weighted by atomic mass is 32.1. The molecule has 30 heavy (non-hydrogen) atoms. The van der Waals surface area contributed by atoms with Gasteiger partial charge in [0.15, 0.2) is 0 Å². The maximum Gasteiger partial charge on any atom is 0.270 e. The first kappa shape index (κ1) is 20.4. The van der Waals surface area contributed by atoms with Crippen LogP contribution >= 0.6 is 11.3 Å². The number of carbonyl (C=O) groups is 1. The minimum absolute atomic E-state index is 0.00375. The molecule has 156 valence electrons. The number of nitro groups is 1. The van der Waals surface area contributed by atoms with E-state index >= 15 is 0 Å². The summed E-state index contributed by atoms with van der Waals surface area (Å²) < 4.78 is 19.6. The molecule has 1 aliphatic rings. The Bertz CT molecular complexity index is 1060. The maximum absolute atomic E-state index is 13.4. The van der Waals surface area contributed by atoms with Crippen LogP contribution in [0.25, 0.3) is 10.1 Å². The average Bonchev–Trinajstić information content (AvgIpc) is 3.19. The number of halogens is 1. The lowest BCUT2D eigenvalue weighted by Crippen LogP contribution is -2.43. The second kappa shape index (κ2) is 8.86. The molecular weight excluding hydrogens is 409 g/mol. The van der Waals surface area contributed by atoms with Crippen molar-refractivity contribution in [3.8, 4) is 0 Å². The summed E-state index contributed by atoms with van der Waals surface area (Å²) in [5.74, 6) is -0.540. The van der Waals surface area contributed by atoms with Crippen LogP contribution in [0.4, 0.5) is 10.1 Å². The second-order valence-electron chi connectivity index (χ2n) is 7.02. The van der Waals surface area contributed by atoms with Crippen molar-refractivity contribution in [1.82, 2.24) is 10.2 Å². The van der Waals surface area contributed by atoms with Crippen molar-refractivity contribution in [3.63, 3.8) is 0 Å². The number of hydrogen-bond donors (Lipinski definition) is 1. The molecule has 1 aliphatic heterocycles. The van der Waals surface area contributed by atoms with Gasteiger partial charge in [-0.05, 0) is 29.8 Å². The molecule has 2 heterocycles. The molecule has 0 bridgehead atoms. The van der Waals surface area contributed by atoms with E-state index in [0.29, 0.717) is 30.0 Å². The van der Waals surface area contributed by atoms with Gasteiger partial charge in [0.05, 0.1) is 29.1 Å². The van der Waals surface area contributed by atoms with Crippen molar-refractivity contribution in [1.29, 1.82) is 0 Å². The van der Waals surface area contributed by atoms with Gasteiger partial charge in [0, 0.05) is 41.9 Å². The molecule has 0 unspecified atom stereocenters. The molecule has 1 aromatic heterocycles. The van der Waals surface area contributed by atoms with Crippen molar-refractivity contribution >= 4 is 33.0 Å². The van der Waals surface area contributed by atoms with Crippen LogP contribution < -0.4 is 5.32 Å². The molecule has 7 nitrogen and oxygen atoms in total. The molecule has 0 saturated carbocycles. The van der Waals surface area contributed by atoms with E-state index in [1.54, 1.807) is 24.3 Å². The lowest BCUT2D eigenvalue weighted by Gasteiger charge is -2.34. The molecule has 3 aromatic rings. The Morgan fingerprint density at radius 2 is 1.93 bits per heavy atom. The van der Waals surface area contributed by atoms with Gasteiger partial charge >= 0.3 is 0 Å². The van der Waals surface area contributed by atoms with Crippen LogP contribution in [0.15, 0.2) is 48.5 Å². The number of rotatable bonds is 6. The smallest absolute Gasteiger partial charge is 0.270 e. The van der Waals surface area contributed by atoms with Crippen LogP contribution in [-0.4, -0.2) is 48.6 Å². The number of ether oxygens (including phenoxy) is 1. The topological polar surface area (TPSA) is 84.7 Å². The van der Waals surface area contributed by atoms with Crippen molar-refractivity contribution < 1.29 is 18.8 Å². The molecule has 4 rings (SSSR count). The van der Waals surface area contributed by atoms with E-state index in [-0.39, 0.29) is 23.5 Å². The summed E-state index contributed by atoms with van der Waals surface area (Å²) in [6, 6.07) is 12.4. The minimum Gasteiger partial charge on any atom is -0.379 e. The summed E-state index contributed by atoms with van der Waals surface area (Å²) in [4.78, 5) is 26.0. The summed E-state index contributed by atoms with van der Waals surface area (Å²) in [5, 5.41) is 14.6. The van der Waals surface area contributed by atoms with E-state index in [9.17, 15) is 19.3 Å². The number of thiophene rings is 1. The van der Waals surface area contributed by atoms with E-state index in [4.69, 9.17) is 4.74 Å². The number of carbonyl (C=O) groups excluding carboxylic acids is 1. The number of morpholine rings is 1. The monoisotopic (exact) mass is 429 g/mol. The van der Waals surface area contributed by atoms with Crippen LogP contribution in [0.3, 0.4) is 0 Å². The van der Waals surface area contributed by atoms with Gasteiger partial charge in [-0.15, -0.1) is 11.3 Å². The van der Waals surface area contributed by atoms with Crippen molar-refractivity contribution in [2.24, 2.45) is 0 Å². The zero-order valence-electron chi connectivity index (χ0n) is 16.0. The molecule has 1 fully saturated rings. The molecule has 1 saturated heterocycles. The molecule has 1 atom stereocenters. The largest absolute Gasteiger partial charge is 0.379 e.